The van der Waals surface area contributed by atoms with Gasteiger partial charge in [0.25, 0.3) is 0 Å². The zero-order chi connectivity index (χ0) is 11.4. The molecule has 0 saturated heterocycles. The van der Waals surface area contributed by atoms with Crippen LogP contribution in [0.25, 0.3) is 0 Å². The van der Waals surface area contributed by atoms with Gasteiger partial charge in [0.2, 0.25) is 0 Å². The summed E-state index contributed by atoms with van der Waals surface area (Å²) in [6, 6.07) is 0.628. The number of nitrogens with one attached hydrogen (secondary N) is 1. The molecule has 2 rings (SSSR count). The van der Waals surface area contributed by atoms with Gasteiger partial charge in [-0.1, -0.05) is 19.3 Å². The Hall–Kier alpha value is -0.120. The van der Waals surface area contributed by atoms with Crippen molar-refractivity contribution in [3.05, 3.63) is 0 Å². The molecule has 94 valence electrons. The van der Waals surface area contributed by atoms with E-state index in [1.807, 2.05) is 6.92 Å². The fourth-order valence-electron chi connectivity index (χ4n) is 3.14. The molecule has 2 saturated carbocycles. The van der Waals surface area contributed by atoms with Gasteiger partial charge in [-0.15, -0.1) is 0 Å². The van der Waals surface area contributed by atoms with E-state index in [0.717, 1.165) is 19.4 Å². The summed E-state index contributed by atoms with van der Waals surface area (Å²) in [7, 11) is 0. The van der Waals surface area contributed by atoms with Gasteiger partial charge in [-0.2, -0.15) is 0 Å². The topological polar surface area (TPSA) is 41.5 Å². The zero-order valence-electron chi connectivity index (χ0n) is 10.4. The molecule has 2 N–H and O–H groups in total. The van der Waals surface area contributed by atoms with Crippen LogP contribution in [0.15, 0.2) is 0 Å². The third-order valence-electron chi connectivity index (χ3n) is 4.06. The predicted octanol–water partition coefficient (Wildman–Crippen LogP) is 1.84. The summed E-state index contributed by atoms with van der Waals surface area (Å²) >= 11 is 0. The number of aliphatic hydroxyl groups is 1. The third kappa shape index (κ3) is 2.76. The number of aliphatic hydroxyl groups excluding tert-OH is 1. The fraction of sp³-hybridized carbons (Fsp3) is 1.00. The van der Waals surface area contributed by atoms with Crippen LogP contribution in [0.2, 0.25) is 0 Å². The molecular formula is C13H25NO2. The van der Waals surface area contributed by atoms with Crippen LogP contribution < -0.4 is 5.32 Å². The monoisotopic (exact) mass is 227 g/mol. The first kappa shape index (κ1) is 12.3. The summed E-state index contributed by atoms with van der Waals surface area (Å²) in [4.78, 5) is 0. The molecule has 3 nitrogen and oxygen atoms in total. The lowest BCUT2D eigenvalue weighted by atomic mass is 9.73. The Labute approximate surface area is 98.6 Å². The molecule has 0 amide bonds. The first-order chi connectivity index (χ1) is 7.78. The molecule has 0 unspecified atom stereocenters. The maximum atomic E-state index is 9.54. The maximum Gasteiger partial charge on any atom is 0.0615 e. The van der Waals surface area contributed by atoms with Crippen molar-refractivity contribution < 1.29 is 9.84 Å². The molecule has 0 aromatic heterocycles. The van der Waals surface area contributed by atoms with Gasteiger partial charge in [-0.3, -0.25) is 0 Å². The molecule has 0 atom stereocenters. The summed E-state index contributed by atoms with van der Waals surface area (Å²) in [6.07, 6.45) is 8.95. The Morgan fingerprint density at radius 3 is 2.50 bits per heavy atom. The number of hydrogen-bond acceptors (Lipinski definition) is 3. The van der Waals surface area contributed by atoms with Crippen LogP contribution in [0, 0.1) is 0 Å². The average Bonchev–Trinajstić information content (AvgIpc) is 2.27. The van der Waals surface area contributed by atoms with E-state index in [1.165, 1.54) is 32.1 Å². The second kappa shape index (κ2) is 5.48. The Bertz CT molecular complexity index is 208. The maximum absolute atomic E-state index is 9.54. The van der Waals surface area contributed by atoms with Gasteiger partial charge in [-0.05, 0) is 32.6 Å². The average molecular weight is 227 g/mol. The van der Waals surface area contributed by atoms with E-state index < -0.39 is 0 Å². The smallest absolute Gasteiger partial charge is 0.0615 e. The molecule has 0 heterocycles. The molecule has 0 aromatic rings. The molecule has 2 aliphatic rings. The fourth-order valence-corrected chi connectivity index (χ4v) is 3.14. The zero-order valence-corrected chi connectivity index (χ0v) is 10.4. The molecule has 0 radical (unpaired) electrons. The molecule has 2 aliphatic carbocycles. The highest BCUT2D eigenvalue weighted by molar-refractivity contribution is 5.03. The number of hydrogen-bond donors (Lipinski definition) is 2. The Balaban J connectivity index is 1.77. The van der Waals surface area contributed by atoms with Gasteiger partial charge >= 0.3 is 0 Å². The predicted molar refractivity (Wildman–Crippen MR) is 64.5 cm³/mol. The lowest BCUT2D eigenvalue weighted by Crippen LogP contribution is -2.63. The van der Waals surface area contributed by atoms with Crippen LogP contribution in [0.5, 0.6) is 0 Å². The van der Waals surface area contributed by atoms with Gasteiger partial charge in [0.05, 0.1) is 12.7 Å². The summed E-state index contributed by atoms with van der Waals surface area (Å²) in [6.45, 7) is 3.08. The van der Waals surface area contributed by atoms with Crippen molar-refractivity contribution in [3.63, 3.8) is 0 Å². The van der Waals surface area contributed by atoms with Gasteiger partial charge in [0.15, 0.2) is 0 Å². The Morgan fingerprint density at radius 2 is 1.94 bits per heavy atom. The van der Waals surface area contributed by atoms with Crippen LogP contribution in [-0.4, -0.2) is 36.0 Å². The molecule has 16 heavy (non-hydrogen) atoms. The Morgan fingerprint density at radius 1 is 1.25 bits per heavy atom. The molecule has 3 heteroatoms. The van der Waals surface area contributed by atoms with E-state index in [4.69, 9.17) is 4.74 Å². The van der Waals surface area contributed by atoms with Crippen LogP contribution in [0.1, 0.15) is 51.9 Å². The molecule has 2 fully saturated rings. The summed E-state index contributed by atoms with van der Waals surface area (Å²) in [5.41, 5.74) is -0.0259. The van der Waals surface area contributed by atoms with E-state index in [1.54, 1.807) is 0 Å². The van der Waals surface area contributed by atoms with Crippen molar-refractivity contribution in [1.29, 1.82) is 0 Å². The van der Waals surface area contributed by atoms with Crippen molar-refractivity contribution in [1.82, 2.24) is 5.32 Å². The quantitative estimate of drug-likeness (QED) is 0.753. The highest BCUT2D eigenvalue weighted by atomic mass is 16.5. The standard InChI is InChI=1S/C13H25NO2/c1-2-16-12-8-13(9-12,10-15)14-11-6-4-3-5-7-11/h11-12,14-15H,2-10H2,1H3. The number of ether oxygens (including phenoxy) is 1. The minimum Gasteiger partial charge on any atom is -0.394 e. The first-order valence-corrected chi connectivity index (χ1v) is 6.78. The molecule has 0 spiro atoms. The van der Waals surface area contributed by atoms with Crippen LogP contribution in [0.3, 0.4) is 0 Å². The molecule has 0 aliphatic heterocycles. The second-order valence-corrected chi connectivity index (χ2v) is 5.40. The van der Waals surface area contributed by atoms with Crippen molar-refractivity contribution in [2.45, 2.75) is 69.6 Å². The minimum atomic E-state index is -0.0259. The van der Waals surface area contributed by atoms with E-state index in [2.05, 4.69) is 5.32 Å². The van der Waals surface area contributed by atoms with E-state index in [-0.39, 0.29) is 12.1 Å². The van der Waals surface area contributed by atoms with E-state index >= 15 is 0 Å². The minimum absolute atomic E-state index is 0.0259. The van der Waals surface area contributed by atoms with Crippen molar-refractivity contribution in [3.8, 4) is 0 Å². The third-order valence-corrected chi connectivity index (χ3v) is 4.06. The van der Waals surface area contributed by atoms with Crippen molar-refractivity contribution in [2.75, 3.05) is 13.2 Å². The SMILES string of the molecule is CCOC1CC(CO)(NC2CCCCC2)C1. The summed E-state index contributed by atoms with van der Waals surface area (Å²) in [5.74, 6) is 0. The van der Waals surface area contributed by atoms with Gasteiger partial charge < -0.3 is 15.2 Å². The van der Waals surface area contributed by atoms with Crippen molar-refractivity contribution in [2.24, 2.45) is 0 Å². The van der Waals surface area contributed by atoms with Crippen LogP contribution in [0.4, 0.5) is 0 Å². The highest BCUT2D eigenvalue weighted by Gasteiger charge is 2.45. The van der Waals surface area contributed by atoms with Gasteiger partial charge in [-0.25, -0.2) is 0 Å². The molecule has 0 bridgehead atoms. The molecule has 0 aromatic carbocycles. The second-order valence-electron chi connectivity index (χ2n) is 5.40. The largest absolute Gasteiger partial charge is 0.394 e. The first-order valence-electron chi connectivity index (χ1n) is 6.78. The normalized spacial score (nSPS) is 36.0. The van der Waals surface area contributed by atoms with Gasteiger partial charge in [0, 0.05) is 18.2 Å². The lowest BCUT2D eigenvalue weighted by molar-refractivity contribution is -0.0744. The van der Waals surface area contributed by atoms with E-state index in [0.29, 0.717) is 12.1 Å². The van der Waals surface area contributed by atoms with Gasteiger partial charge in [0.1, 0.15) is 0 Å². The molecular weight excluding hydrogens is 202 g/mol. The Kier molecular flexibility index (Phi) is 4.22. The summed E-state index contributed by atoms with van der Waals surface area (Å²) < 4.78 is 5.57. The van der Waals surface area contributed by atoms with E-state index in [9.17, 15) is 5.11 Å². The van der Waals surface area contributed by atoms with Crippen LogP contribution in [-0.2, 0) is 4.74 Å². The lowest BCUT2D eigenvalue weighted by Gasteiger charge is -2.49. The van der Waals surface area contributed by atoms with Crippen LogP contribution >= 0.6 is 0 Å². The van der Waals surface area contributed by atoms with Crippen molar-refractivity contribution >= 4 is 0 Å². The highest BCUT2D eigenvalue weighted by Crippen LogP contribution is 2.36. The number of rotatable bonds is 5. The summed E-state index contributed by atoms with van der Waals surface area (Å²) in [5, 5.41) is 13.2.